The molecule has 0 unspecified atom stereocenters. The molecule has 1 aliphatic rings. The first-order valence-electron chi connectivity index (χ1n) is 5.45. The molecule has 0 amide bonds. The van der Waals surface area contributed by atoms with Gasteiger partial charge in [0.05, 0.1) is 0 Å². The van der Waals surface area contributed by atoms with Crippen LogP contribution < -0.4 is 0 Å². The van der Waals surface area contributed by atoms with Crippen LogP contribution in [0.15, 0.2) is 40.6 Å². The molecule has 2 aromatic rings. The molecule has 0 saturated heterocycles. The maximum atomic E-state index is 2.28. The number of rotatable bonds is 0. The molecule has 0 aromatic heterocycles. The number of allylic oxidation sites excluding steroid dienone is 2. The van der Waals surface area contributed by atoms with Gasteiger partial charge in [-0.2, -0.15) is 0 Å². The molecule has 2 aromatic carbocycles. The maximum absolute atomic E-state index is 2.28. The fourth-order valence-electron chi connectivity index (χ4n) is 2.54. The molecule has 0 heterocycles. The van der Waals surface area contributed by atoms with E-state index < -0.39 is 0 Å². The van der Waals surface area contributed by atoms with Crippen LogP contribution in [0.1, 0.15) is 18.1 Å². The summed E-state index contributed by atoms with van der Waals surface area (Å²) >= 11 is 2.24. The molecule has 0 fully saturated rings. The van der Waals surface area contributed by atoms with Gasteiger partial charge in [-0.15, -0.1) is 0 Å². The summed E-state index contributed by atoms with van der Waals surface area (Å²) in [5.41, 5.74) is 4.44. The molecule has 68 valence electrons. The van der Waals surface area contributed by atoms with Gasteiger partial charge in [0.1, 0.15) is 0 Å². The van der Waals surface area contributed by atoms with Crippen LogP contribution in [0, 0.1) is 0 Å². The average Bonchev–Trinajstić information content (AvgIpc) is 2.55. The summed E-state index contributed by atoms with van der Waals surface area (Å²) in [5, 5.41) is 2.76. The molecule has 0 saturated carbocycles. The van der Waals surface area contributed by atoms with Gasteiger partial charge in [0, 0.05) is 0 Å². The molecule has 15 heavy (non-hydrogen) atoms. The molecule has 1 aliphatic carbocycles. The molecule has 3 rings (SSSR count). The molecule has 1 heteroatoms. The van der Waals surface area contributed by atoms with Crippen molar-refractivity contribution in [2.75, 3.05) is 0 Å². The van der Waals surface area contributed by atoms with Crippen molar-refractivity contribution in [2.45, 2.75) is 13.3 Å². The van der Waals surface area contributed by atoms with Crippen LogP contribution in [0.25, 0.3) is 16.3 Å². The Balaban J connectivity index is 2.45. The van der Waals surface area contributed by atoms with Crippen molar-refractivity contribution in [1.82, 2.24) is 0 Å². The van der Waals surface area contributed by atoms with Crippen molar-refractivity contribution >= 4 is 34.1 Å². The first kappa shape index (κ1) is 9.28. The Labute approximate surface area is 99.2 Å². The predicted molar refractivity (Wildman–Crippen MR) is 66.0 cm³/mol. The van der Waals surface area contributed by atoms with Gasteiger partial charge in [-0.1, -0.05) is 0 Å². The Hall–Kier alpha value is -0.963. The molecule has 0 N–H and O–H groups in total. The minimum atomic E-state index is 1.13. The van der Waals surface area contributed by atoms with Crippen molar-refractivity contribution in [3.8, 4) is 0 Å². The summed E-state index contributed by atoms with van der Waals surface area (Å²) in [6.07, 6.45) is 1.13. The zero-order chi connectivity index (χ0) is 10.4. The zero-order valence-electron chi connectivity index (χ0n) is 9.17. The van der Waals surface area contributed by atoms with E-state index in [9.17, 15) is 0 Å². The van der Waals surface area contributed by atoms with Gasteiger partial charge in [-0.05, 0) is 0 Å². The van der Waals surface area contributed by atoms with E-state index in [4.69, 9.17) is 0 Å². The first-order chi connectivity index (χ1) is 7.27. The third-order valence-electron chi connectivity index (χ3n) is 3.49. The summed E-state index contributed by atoms with van der Waals surface area (Å²) < 4.78 is 1.52. The third kappa shape index (κ3) is 1.29. The van der Waals surface area contributed by atoms with E-state index in [0.29, 0.717) is 0 Å². The summed E-state index contributed by atoms with van der Waals surface area (Å²) in [6, 6.07) is 13.2. The number of fused-ring (bicyclic) bond motifs is 3. The summed E-state index contributed by atoms with van der Waals surface area (Å²) in [7, 11) is 0. The van der Waals surface area contributed by atoms with Gasteiger partial charge in [-0.25, -0.2) is 0 Å². The molecule has 0 nitrogen and oxygen atoms in total. The van der Waals surface area contributed by atoms with Gasteiger partial charge in [-0.3, -0.25) is 0 Å². The summed E-state index contributed by atoms with van der Waals surface area (Å²) in [4.78, 5) is 0. The van der Waals surface area contributed by atoms with E-state index in [1.807, 2.05) is 0 Å². The van der Waals surface area contributed by atoms with Crippen LogP contribution in [0.2, 0.25) is 0 Å². The molecule has 0 radical (unpaired) electrons. The Bertz CT molecular complexity index is 579. The van der Waals surface area contributed by atoms with Gasteiger partial charge >= 0.3 is 99.2 Å². The van der Waals surface area contributed by atoms with E-state index in [1.54, 1.807) is 0 Å². The monoisotopic (exact) mass is 186 g/mol. The van der Waals surface area contributed by atoms with Crippen LogP contribution in [0.3, 0.4) is 0 Å². The third-order valence-corrected chi connectivity index (χ3v) is 3.49. The second-order valence-electron chi connectivity index (χ2n) is 4.40. The van der Waals surface area contributed by atoms with E-state index in [0.717, 1.165) is 6.42 Å². The normalized spacial score (nSPS) is 14.9. The van der Waals surface area contributed by atoms with Crippen molar-refractivity contribution < 1.29 is 0 Å². The first-order valence-corrected chi connectivity index (χ1v) is 5.45. The SMILES string of the molecule is [Li][C]1=C(C)c2c(ccc3ccccc23)C1. The van der Waals surface area contributed by atoms with Crippen molar-refractivity contribution in [3.63, 3.8) is 0 Å². The quantitative estimate of drug-likeness (QED) is 0.554. The molecule has 0 spiro atoms. The Morgan fingerprint density at radius 2 is 1.87 bits per heavy atom. The Morgan fingerprint density at radius 3 is 2.73 bits per heavy atom. The number of hydrogen-bond acceptors (Lipinski definition) is 0. The second kappa shape index (κ2) is 3.27. The molecule has 0 atom stereocenters. The van der Waals surface area contributed by atoms with Crippen molar-refractivity contribution in [1.29, 1.82) is 0 Å². The van der Waals surface area contributed by atoms with E-state index >= 15 is 0 Å². The fraction of sp³-hybridized carbons (Fsp3) is 0.143. The van der Waals surface area contributed by atoms with Gasteiger partial charge < -0.3 is 0 Å². The number of hydrogen-bond donors (Lipinski definition) is 0. The van der Waals surface area contributed by atoms with Crippen molar-refractivity contribution in [3.05, 3.63) is 51.8 Å². The fourth-order valence-corrected chi connectivity index (χ4v) is 2.54. The summed E-state index contributed by atoms with van der Waals surface area (Å²) in [6.45, 7) is 2.24. The van der Waals surface area contributed by atoms with Gasteiger partial charge in [0.2, 0.25) is 0 Å². The molecule has 0 aliphatic heterocycles. The van der Waals surface area contributed by atoms with E-state index in [1.165, 1.54) is 31.7 Å². The van der Waals surface area contributed by atoms with E-state index in [-0.39, 0.29) is 0 Å². The molecular formula is C14H11Li. The molecular weight excluding hydrogens is 175 g/mol. The average molecular weight is 186 g/mol. The zero-order valence-corrected chi connectivity index (χ0v) is 9.17. The standard InChI is InChI=1S/C14H11.Li/c1-10-6-7-12-9-8-11-4-2-3-5-13(11)14(10)12;/h2-5,8-9H,7H2,1H3;. The van der Waals surface area contributed by atoms with Crippen LogP contribution >= 0.6 is 0 Å². The Kier molecular flexibility index (Phi) is 2.02. The van der Waals surface area contributed by atoms with E-state index in [2.05, 4.69) is 61.0 Å². The predicted octanol–water partition coefficient (Wildman–Crippen LogP) is 3.30. The van der Waals surface area contributed by atoms with Crippen LogP contribution in [-0.2, 0) is 6.42 Å². The van der Waals surface area contributed by atoms with Gasteiger partial charge in [0.25, 0.3) is 0 Å². The van der Waals surface area contributed by atoms with Gasteiger partial charge in [0.15, 0.2) is 0 Å². The topological polar surface area (TPSA) is 0 Å². The van der Waals surface area contributed by atoms with Crippen molar-refractivity contribution in [2.24, 2.45) is 0 Å². The molecule has 0 bridgehead atoms. The van der Waals surface area contributed by atoms with Crippen LogP contribution in [0.5, 0.6) is 0 Å². The Morgan fingerprint density at radius 1 is 1.07 bits per heavy atom. The summed E-state index contributed by atoms with van der Waals surface area (Å²) in [5.74, 6) is 0. The van der Waals surface area contributed by atoms with Crippen LogP contribution in [0.4, 0.5) is 0 Å². The minimum absolute atomic E-state index is 1.13. The van der Waals surface area contributed by atoms with Crippen LogP contribution in [-0.4, -0.2) is 17.7 Å². The number of benzene rings is 2. The second-order valence-corrected chi connectivity index (χ2v) is 4.40.